The zero-order valence-electron chi connectivity index (χ0n) is 12.2. The molecule has 2 aromatic heterocycles. The highest BCUT2D eigenvalue weighted by atomic mass is 15.3. The van der Waals surface area contributed by atoms with Crippen molar-refractivity contribution in [1.29, 1.82) is 0 Å². The maximum absolute atomic E-state index is 4.55. The molecule has 0 unspecified atom stereocenters. The summed E-state index contributed by atoms with van der Waals surface area (Å²) in [6.07, 6.45) is 5.85. The Morgan fingerprint density at radius 1 is 1.14 bits per heavy atom. The Morgan fingerprint density at radius 2 is 2.00 bits per heavy atom. The zero-order valence-corrected chi connectivity index (χ0v) is 12.2. The van der Waals surface area contributed by atoms with E-state index in [-0.39, 0.29) is 0 Å². The van der Waals surface area contributed by atoms with E-state index in [4.69, 9.17) is 0 Å². The Balaban J connectivity index is 1.79. The molecule has 0 aliphatic carbocycles. The van der Waals surface area contributed by atoms with Gasteiger partial charge in [0.1, 0.15) is 11.3 Å². The molecule has 2 heterocycles. The Bertz CT molecular complexity index is 705. The lowest BCUT2D eigenvalue weighted by atomic mass is 10.2. The van der Waals surface area contributed by atoms with Crippen molar-refractivity contribution in [2.45, 2.75) is 26.3 Å². The van der Waals surface area contributed by atoms with Gasteiger partial charge in [0, 0.05) is 6.54 Å². The molecule has 0 fully saturated rings. The Labute approximate surface area is 124 Å². The molecular weight excluding hydrogens is 262 g/mol. The van der Waals surface area contributed by atoms with Gasteiger partial charge in [0.15, 0.2) is 5.65 Å². The van der Waals surface area contributed by atoms with Crippen LogP contribution in [0.4, 0.5) is 5.82 Å². The van der Waals surface area contributed by atoms with Crippen LogP contribution in [0.15, 0.2) is 42.7 Å². The van der Waals surface area contributed by atoms with Gasteiger partial charge >= 0.3 is 0 Å². The third-order valence-corrected chi connectivity index (χ3v) is 3.35. The summed E-state index contributed by atoms with van der Waals surface area (Å²) in [5, 5.41) is 7.68. The third-order valence-electron chi connectivity index (χ3n) is 3.35. The molecule has 0 saturated carbocycles. The van der Waals surface area contributed by atoms with Crippen LogP contribution in [0.2, 0.25) is 0 Å². The Kier molecular flexibility index (Phi) is 4.09. The van der Waals surface area contributed by atoms with Crippen LogP contribution >= 0.6 is 0 Å². The van der Waals surface area contributed by atoms with Crippen LogP contribution in [0.3, 0.4) is 0 Å². The SMILES string of the molecule is CCCCNc1cnc2c(cnn2Cc2ccccc2)n1. The summed E-state index contributed by atoms with van der Waals surface area (Å²) in [4.78, 5) is 9.04. The summed E-state index contributed by atoms with van der Waals surface area (Å²) in [5.41, 5.74) is 2.85. The van der Waals surface area contributed by atoms with Crippen molar-refractivity contribution in [1.82, 2.24) is 19.7 Å². The summed E-state index contributed by atoms with van der Waals surface area (Å²) in [5.74, 6) is 0.815. The van der Waals surface area contributed by atoms with Crippen LogP contribution in [0.5, 0.6) is 0 Å². The van der Waals surface area contributed by atoms with Crippen molar-refractivity contribution in [3.8, 4) is 0 Å². The molecule has 0 saturated heterocycles. The first kappa shape index (κ1) is 13.5. The highest BCUT2D eigenvalue weighted by Gasteiger charge is 2.07. The average Bonchev–Trinajstić information content (AvgIpc) is 2.91. The number of aromatic nitrogens is 4. The molecule has 21 heavy (non-hydrogen) atoms. The van der Waals surface area contributed by atoms with Crippen LogP contribution in [-0.4, -0.2) is 26.3 Å². The van der Waals surface area contributed by atoms with E-state index in [2.05, 4.69) is 39.4 Å². The van der Waals surface area contributed by atoms with Crippen LogP contribution in [-0.2, 0) is 6.54 Å². The second kappa shape index (κ2) is 6.35. The van der Waals surface area contributed by atoms with Gasteiger partial charge in [0.25, 0.3) is 0 Å². The molecule has 5 heteroatoms. The summed E-state index contributed by atoms with van der Waals surface area (Å²) in [6, 6.07) is 10.2. The fourth-order valence-corrected chi connectivity index (χ4v) is 2.21. The van der Waals surface area contributed by atoms with E-state index in [0.717, 1.165) is 36.4 Å². The van der Waals surface area contributed by atoms with Gasteiger partial charge < -0.3 is 5.32 Å². The fraction of sp³-hybridized carbons (Fsp3) is 0.312. The number of benzene rings is 1. The van der Waals surface area contributed by atoms with E-state index in [1.165, 1.54) is 5.56 Å². The maximum atomic E-state index is 4.55. The lowest BCUT2D eigenvalue weighted by molar-refractivity contribution is 0.704. The summed E-state index contributed by atoms with van der Waals surface area (Å²) in [7, 11) is 0. The normalized spacial score (nSPS) is 10.9. The number of nitrogens with zero attached hydrogens (tertiary/aromatic N) is 4. The largest absolute Gasteiger partial charge is 0.369 e. The molecule has 3 rings (SSSR count). The predicted molar refractivity (Wildman–Crippen MR) is 84.3 cm³/mol. The molecule has 0 radical (unpaired) electrons. The molecule has 1 N–H and O–H groups in total. The van der Waals surface area contributed by atoms with Crippen molar-refractivity contribution in [2.24, 2.45) is 0 Å². The van der Waals surface area contributed by atoms with Crippen molar-refractivity contribution in [3.05, 3.63) is 48.3 Å². The number of unbranched alkanes of at least 4 members (excludes halogenated alkanes) is 1. The monoisotopic (exact) mass is 281 g/mol. The van der Waals surface area contributed by atoms with E-state index in [1.807, 2.05) is 22.9 Å². The smallest absolute Gasteiger partial charge is 0.177 e. The van der Waals surface area contributed by atoms with Crippen LogP contribution < -0.4 is 5.32 Å². The number of nitrogens with one attached hydrogen (secondary N) is 1. The number of rotatable bonds is 6. The summed E-state index contributed by atoms with van der Waals surface area (Å²) >= 11 is 0. The molecular formula is C16H19N5. The maximum Gasteiger partial charge on any atom is 0.177 e. The second-order valence-electron chi connectivity index (χ2n) is 5.03. The molecule has 0 aliphatic heterocycles. The van der Waals surface area contributed by atoms with Crippen molar-refractivity contribution >= 4 is 17.0 Å². The predicted octanol–water partition coefficient (Wildman–Crippen LogP) is 3.09. The summed E-state index contributed by atoms with van der Waals surface area (Å²) in [6.45, 7) is 3.81. The van der Waals surface area contributed by atoms with Gasteiger partial charge in [0.2, 0.25) is 0 Å². The van der Waals surface area contributed by atoms with Crippen LogP contribution in [0, 0.1) is 0 Å². The van der Waals surface area contributed by atoms with E-state index in [1.54, 1.807) is 12.4 Å². The number of anilines is 1. The first-order valence-corrected chi connectivity index (χ1v) is 7.33. The van der Waals surface area contributed by atoms with E-state index in [9.17, 15) is 0 Å². The number of hydrogen-bond acceptors (Lipinski definition) is 4. The molecule has 0 amide bonds. The molecule has 0 spiro atoms. The second-order valence-corrected chi connectivity index (χ2v) is 5.03. The van der Waals surface area contributed by atoms with Crippen molar-refractivity contribution < 1.29 is 0 Å². The fourth-order valence-electron chi connectivity index (χ4n) is 2.21. The van der Waals surface area contributed by atoms with Crippen molar-refractivity contribution in [2.75, 3.05) is 11.9 Å². The van der Waals surface area contributed by atoms with E-state index >= 15 is 0 Å². The third kappa shape index (κ3) is 3.18. The number of hydrogen-bond donors (Lipinski definition) is 1. The Hall–Kier alpha value is -2.43. The lowest BCUT2D eigenvalue weighted by Crippen LogP contribution is -2.05. The molecule has 108 valence electrons. The van der Waals surface area contributed by atoms with Gasteiger partial charge in [-0.1, -0.05) is 43.7 Å². The molecule has 0 atom stereocenters. The van der Waals surface area contributed by atoms with E-state index in [0.29, 0.717) is 6.54 Å². The molecule has 1 aromatic carbocycles. The average molecular weight is 281 g/mol. The molecule has 0 aliphatic rings. The quantitative estimate of drug-likeness (QED) is 0.705. The Morgan fingerprint density at radius 3 is 2.81 bits per heavy atom. The van der Waals surface area contributed by atoms with E-state index < -0.39 is 0 Å². The van der Waals surface area contributed by atoms with Gasteiger partial charge in [-0.15, -0.1) is 0 Å². The zero-order chi connectivity index (χ0) is 14.5. The lowest BCUT2D eigenvalue weighted by Gasteiger charge is -2.05. The highest BCUT2D eigenvalue weighted by Crippen LogP contribution is 2.13. The van der Waals surface area contributed by atoms with Crippen LogP contribution in [0.25, 0.3) is 11.2 Å². The minimum Gasteiger partial charge on any atom is -0.369 e. The van der Waals surface area contributed by atoms with Gasteiger partial charge in [-0.05, 0) is 12.0 Å². The van der Waals surface area contributed by atoms with Crippen molar-refractivity contribution in [3.63, 3.8) is 0 Å². The minimum atomic E-state index is 0.710. The molecule has 5 nitrogen and oxygen atoms in total. The standard InChI is InChI=1S/C16H19N5/c1-2-3-9-17-15-11-18-16-14(20-15)10-19-21(16)12-13-7-5-4-6-8-13/h4-8,10-11H,2-3,9,12H2,1H3,(H,17,20). The first-order valence-electron chi connectivity index (χ1n) is 7.33. The van der Waals surface area contributed by atoms with Gasteiger partial charge in [0.05, 0.1) is 18.9 Å². The molecule has 3 aromatic rings. The molecule has 0 bridgehead atoms. The number of fused-ring (bicyclic) bond motifs is 1. The minimum absolute atomic E-state index is 0.710. The summed E-state index contributed by atoms with van der Waals surface area (Å²) < 4.78 is 1.88. The topological polar surface area (TPSA) is 55.6 Å². The van der Waals surface area contributed by atoms with Gasteiger partial charge in [-0.2, -0.15) is 5.10 Å². The first-order chi connectivity index (χ1) is 10.4. The van der Waals surface area contributed by atoms with Gasteiger partial charge in [-0.25, -0.2) is 14.6 Å². The highest BCUT2D eigenvalue weighted by molar-refractivity contribution is 5.71. The van der Waals surface area contributed by atoms with Crippen LogP contribution in [0.1, 0.15) is 25.3 Å². The van der Waals surface area contributed by atoms with Gasteiger partial charge in [-0.3, -0.25) is 0 Å².